The van der Waals surface area contributed by atoms with Gasteiger partial charge in [-0.2, -0.15) is 11.8 Å². The number of hydrogen-bond acceptors (Lipinski definition) is 4. The van der Waals surface area contributed by atoms with E-state index in [0.717, 1.165) is 9.90 Å². The minimum absolute atomic E-state index is 0.164. The molecule has 1 aromatic rings. The maximum absolute atomic E-state index is 6.16. The number of hydrazine groups is 1. The van der Waals surface area contributed by atoms with Crippen LogP contribution >= 0.6 is 34.7 Å². The molecule has 0 aromatic carbocycles. The average molecular weight is 263 g/mol. The SMILES string of the molecule is CC1(C(NN)c2sccc2Cl)CCCS1. The summed E-state index contributed by atoms with van der Waals surface area (Å²) in [4.78, 5) is 1.16. The molecule has 3 N–H and O–H groups in total. The first-order valence-corrected chi connectivity index (χ1v) is 7.25. The number of nitrogens with one attached hydrogen (secondary N) is 1. The van der Waals surface area contributed by atoms with E-state index < -0.39 is 0 Å². The maximum Gasteiger partial charge on any atom is 0.0712 e. The van der Waals surface area contributed by atoms with Crippen molar-refractivity contribution in [1.29, 1.82) is 0 Å². The first-order chi connectivity index (χ1) is 7.17. The summed E-state index contributed by atoms with van der Waals surface area (Å²) >= 11 is 9.83. The predicted molar refractivity (Wildman–Crippen MR) is 69.5 cm³/mol. The summed E-state index contributed by atoms with van der Waals surface area (Å²) in [5.41, 5.74) is 2.93. The zero-order valence-corrected chi connectivity index (χ0v) is 11.0. The van der Waals surface area contributed by atoms with Gasteiger partial charge in [-0.3, -0.25) is 11.3 Å². The van der Waals surface area contributed by atoms with E-state index >= 15 is 0 Å². The zero-order chi connectivity index (χ0) is 10.9. The fraction of sp³-hybridized carbons (Fsp3) is 0.600. The van der Waals surface area contributed by atoms with Gasteiger partial charge in [0, 0.05) is 9.62 Å². The van der Waals surface area contributed by atoms with Crippen molar-refractivity contribution in [1.82, 2.24) is 5.43 Å². The Labute approximate surface area is 104 Å². The molecule has 0 aliphatic carbocycles. The number of thiophene rings is 1. The molecule has 1 aliphatic heterocycles. The van der Waals surface area contributed by atoms with E-state index in [1.165, 1.54) is 18.6 Å². The average Bonchev–Trinajstić information content (AvgIpc) is 2.79. The second-order valence-corrected chi connectivity index (χ2v) is 6.98. The Morgan fingerprint density at radius 2 is 2.47 bits per heavy atom. The third kappa shape index (κ3) is 2.19. The summed E-state index contributed by atoms with van der Waals surface area (Å²) in [6, 6.07) is 2.10. The minimum Gasteiger partial charge on any atom is -0.271 e. The Balaban J connectivity index is 2.27. The molecule has 2 rings (SSSR count). The summed E-state index contributed by atoms with van der Waals surface area (Å²) in [6.07, 6.45) is 2.46. The molecule has 2 unspecified atom stereocenters. The minimum atomic E-state index is 0.164. The lowest BCUT2D eigenvalue weighted by Crippen LogP contribution is -2.40. The molecule has 1 fully saturated rings. The Morgan fingerprint density at radius 3 is 2.93 bits per heavy atom. The fourth-order valence-electron chi connectivity index (χ4n) is 2.07. The van der Waals surface area contributed by atoms with Gasteiger partial charge in [-0.1, -0.05) is 11.6 Å². The molecule has 0 bridgehead atoms. The quantitative estimate of drug-likeness (QED) is 0.649. The predicted octanol–water partition coefficient (Wildman–Crippen LogP) is 3.19. The van der Waals surface area contributed by atoms with Crippen LogP contribution in [-0.4, -0.2) is 10.5 Å². The molecule has 0 saturated carbocycles. The van der Waals surface area contributed by atoms with Crippen molar-refractivity contribution < 1.29 is 0 Å². The monoisotopic (exact) mass is 262 g/mol. The molecule has 2 nitrogen and oxygen atoms in total. The van der Waals surface area contributed by atoms with Gasteiger partial charge in [-0.05, 0) is 37.0 Å². The number of nitrogens with two attached hydrogens (primary N) is 1. The highest BCUT2D eigenvalue weighted by Gasteiger charge is 2.39. The highest BCUT2D eigenvalue weighted by Crippen LogP contribution is 2.48. The van der Waals surface area contributed by atoms with Crippen molar-refractivity contribution in [2.75, 3.05) is 5.75 Å². The number of thioether (sulfide) groups is 1. The van der Waals surface area contributed by atoms with Crippen molar-refractivity contribution in [2.24, 2.45) is 5.84 Å². The molecule has 1 saturated heterocycles. The van der Waals surface area contributed by atoms with Crippen LogP contribution in [0.15, 0.2) is 11.4 Å². The first-order valence-electron chi connectivity index (χ1n) is 5.00. The largest absolute Gasteiger partial charge is 0.271 e. The zero-order valence-electron chi connectivity index (χ0n) is 8.63. The lowest BCUT2D eigenvalue weighted by molar-refractivity contribution is 0.426. The van der Waals surface area contributed by atoms with Crippen LogP contribution in [0.1, 0.15) is 30.7 Å². The molecule has 5 heteroatoms. The van der Waals surface area contributed by atoms with Gasteiger partial charge in [0.2, 0.25) is 0 Å². The molecule has 0 spiro atoms. The summed E-state index contributed by atoms with van der Waals surface area (Å²) in [7, 11) is 0. The molecule has 0 amide bonds. The molecule has 1 aromatic heterocycles. The summed E-state index contributed by atoms with van der Waals surface area (Å²) in [5.74, 6) is 6.90. The molecule has 0 radical (unpaired) electrons. The molecule has 2 atom stereocenters. The Hall–Kier alpha value is 0.260. The third-order valence-electron chi connectivity index (χ3n) is 2.93. The van der Waals surface area contributed by atoms with Gasteiger partial charge in [0.15, 0.2) is 0 Å². The lowest BCUT2D eigenvalue weighted by Gasteiger charge is -2.32. The van der Waals surface area contributed by atoms with Gasteiger partial charge in [-0.25, -0.2) is 0 Å². The van der Waals surface area contributed by atoms with Gasteiger partial charge in [-0.15, -0.1) is 11.3 Å². The van der Waals surface area contributed by atoms with Crippen LogP contribution in [0.2, 0.25) is 5.02 Å². The van der Waals surface area contributed by atoms with Crippen molar-refractivity contribution in [3.63, 3.8) is 0 Å². The normalized spacial score (nSPS) is 28.2. The second kappa shape index (κ2) is 4.63. The number of halogens is 1. The smallest absolute Gasteiger partial charge is 0.0712 e. The number of hydrogen-bond donors (Lipinski definition) is 2. The van der Waals surface area contributed by atoms with E-state index in [9.17, 15) is 0 Å². The highest BCUT2D eigenvalue weighted by molar-refractivity contribution is 8.00. The van der Waals surface area contributed by atoms with Gasteiger partial charge in [0.1, 0.15) is 0 Å². The Kier molecular flexibility index (Phi) is 3.63. The van der Waals surface area contributed by atoms with E-state index in [4.69, 9.17) is 17.4 Å². The summed E-state index contributed by atoms with van der Waals surface area (Å²) in [6.45, 7) is 2.27. The van der Waals surface area contributed by atoms with Crippen LogP contribution < -0.4 is 11.3 Å². The van der Waals surface area contributed by atoms with E-state index in [1.807, 2.05) is 23.2 Å². The fourth-order valence-corrected chi connectivity index (χ4v) is 4.92. The maximum atomic E-state index is 6.16. The number of rotatable bonds is 3. The van der Waals surface area contributed by atoms with E-state index in [0.29, 0.717) is 0 Å². The molecule has 15 heavy (non-hydrogen) atoms. The van der Waals surface area contributed by atoms with E-state index in [1.54, 1.807) is 11.3 Å². The second-order valence-electron chi connectivity index (χ2n) is 4.00. The van der Waals surface area contributed by atoms with Crippen LogP contribution in [0.25, 0.3) is 0 Å². The third-order valence-corrected chi connectivity index (χ3v) is 5.95. The van der Waals surface area contributed by atoms with Crippen LogP contribution in [-0.2, 0) is 0 Å². The van der Waals surface area contributed by atoms with Crippen molar-refractivity contribution in [2.45, 2.75) is 30.6 Å². The topological polar surface area (TPSA) is 38.0 Å². The van der Waals surface area contributed by atoms with Gasteiger partial charge in [0.25, 0.3) is 0 Å². The lowest BCUT2D eigenvalue weighted by atomic mass is 9.95. The Bertz CT molecular complexity index is 334. The van der Waals surface area contributed by atoms with Gasteiger partial charge < -0.3 is 0 Å². The van der Waals surface area contributed by atoms with Crippen LogP contribution in [0.5, 0.6) is 0 Å². The van der Waals surface area contributed by atoms with Crippen molar-refractivity contribution in [3.8, 4) is 0 Å². The standard InChI is InChI=1S/C10H15ClN2S2/c1-10(4-2-5-15-10)9(13-12)8-7(11)3-6-14-8/h3,6,9,13H,2,4-5,12H2,1H3. The van der Waals surface area contributed by atoms with Crippen LogP contribution in [0.4, 0.5) is 0 Å². The highest BCUT2D eigenvalue weighted by atomic mass is 35.5. The van der Waals surface area contributed by atoms with Crippen molar-refractivity contribution >= 4 is 34.7 Å². The summed E-state index contributed by atoms with van der Waals surface area (Å²) < 4.78 is 0.184. The van der Waals surface area contributed by atoms with E-state index in [2.05, 4.69) is 12.3 Å². The summed E-state index contributed by atoms with van der Waals surface area (Å²) in [5, 5.41) is 2.85. The van der Waals surface area contributed by atoms with Gasteiger partial charge >= 0.3 is 0 Å². The van der Waals surface area contributed by atoms with Crippen LogP contribution in [0, 0.1) is 0 Å². The molecule has 84 valence electrons. The Morgan fingerprint density at radius 1 is 1.67 bits per heavy atom. The molecule has 2 heterocycles. The first kappa shape index (κ1) is 11.7. The van der Waals surface area contributed by atoms with Gasteiger partial charge in [0.05, 0.1) is 11.1 Å². The van der Waals surface area contributed by atoms with Crippen LogP contribution in [0.3, 0.4) is 0 Å². The molecule has 1 aliphatic rings. The molecular weight excluding hydrogens is 248 g/mol. The van der Waals surface area contributed by atoms with E-state index in [-0.39, 0.29) is 10.8 Å². The van der Waals surface area contributed by atoms with Crippen molar-refractivity contribution in [3.05, 3.63) is 21.3 Å². The molecular formula is C10H15ClN2S2.